The van der Waals surface area contributed by atoms with Crippen molar-refractivity contribution in [2.45, 2.75) is 80.1 Å². The number of imidazole rings is 1. The van der Waals surface area contributed by atoms with Crippen molar-refractivity contribution < 1.29 is 0 Å². The first kappa shape index (κ1) is 22.4. The summed E-state index contributed by atoms with van der Waals surface area (Å²) in [4.78, 5) is 7.53. The van der Waals surface area contributed by atoms with Crippen LogP contribution in [0.1, 0.15) is 86.1 Å². The number of nitrogens with zero attached hydrogens (tertiary/aromatic N) is 1. The molecule has 2 heteroatoms. The Morgan fingerprint density at radius 2 is 1.38 bits per heavy atom. The average Bonchev–Trinajstić information content (AvgIpc) is 3.24. The van der Waals surface area contributed by atoms with Crippen molar-refractivity contribution in [3.05, 3.63) is 53.6 Å². The standard InChI is InChI=1S/C16H20N2.3C2H6/c1-11-15(2,3)12-7-5-6-8-13(12)16(11,4)14-9-17-10-18-14;3*1-2/h5-11H,1-4H3,(H,17,18);3*1-2H3. The predicted octanol–water partition coefficient (Wildman–Crippen LogP) is 6.72. The molecule has 0 amide bonds. The van der Waals surface area contributed by atoms with E-state index in [1.54, 1.807) is 6.33 Å². The number of hydrogen-bond acceptors (Lipinski definition) is 1. The molecule has 1 N–H and O–H groups in total. The number of benzene rings is 1. The summed E-state index contributed by atoms with van der Waals surface area (Å²) in [6, 6.07) is 8.82. The number of rotatable bonds is 1. The lowest BCUT2D eigenvalue weighted by Crippen LogP contribution is -2.34. The fourth-order valence-electron chi connectivity index (χ4n) is 3.60. The molecular weight excluding hydrogens is 292 g/mol. The maximum absolute atomic E-state index is 4.21. The van der Waals surface area contributed by atoms with Gasteiger partial charge in [-0.15, -0.1) is 0 Å². The molecule has 0 saturated heterocycles. The number of hydrogen-bond donors (Lipinski definition) is 1. The van der Waals surface area contributed by atoms with Crippen LogP contribution < -0.4 is 0 Å². The molecule has 1 aromatic heterocycles. The number of nitrogens with one attached hydrogen (secondary N) is 1. The first-order chi connectivity index (χ1) is 11.5. The van der Waals surface area contributed by atoms with Crippen LogP contribution in [-0.2, 0) is 10.8 Å². The highest BCUT2D eigenvalue weighted by Crippen LogP contribution is 2.55. The van der Waals surface area contributed by atoms with Gasteiger partial charge in [-0.25, -0.2) is 4.98 Å². The third-order valence-corrected chi connectivity index (χ3v) is 5.19. The number of aromatic nitrogens is 2. The maximum Gasteiger partial charge on any atom is 0.0922 e. The van der Waals surface area contributed by atoms with Crippen LogP contribution in [0.4, 0.5) is 0 Å². The van der Waals surface area contributed by atoms with Gasteiger partial charge < -0.3 is 4.98 Å². The van der Waals surface area contributed by atoms with Gasteiger partial charge in [0, 0.05) is 17.3 Å². The second kappa shape index (κ2) is 9.66. The van der Waals surface area contributed by atoms with Crippen LogP contribution in [-0.4, -0.2) is 9.97 Å². The molecule has 1 aromatic carbocycles. The van der Waals surface area contributed by atoms with Gasteiger partial charge in [-0.3, -0.25) is 0 Å². The van der Waals surface area contributed by atoms with E-state index in [2.05, 4.69) is 61.9 Å². The number of fused-ring (bicyclic) bond motifs is 1. The molecule has 0 aliphatic heterocycles. The highest BCUT2D eigenvalue weighted by atomic mass is 14.9. The Balaban J connectivity index is 0.000000798. The Labute approximate surface area is 150 Å². The quantitative estimate of drug-likeness (QED) is 0.617. The van der Waals surface area contributed by atoms with Gasteiger partial charge in [-0.05, 0) is 29.4 Å². The molecule has 0 bridgehead atoms. The van der Waals surface area contributed by atoms with Crippen molar-refractivity contribution in [2.24, 2.45) is 5.92 Å². The van der Waals surface area contributed by atoms with Gasteiger partial charge in [0.15, 0.2) is 0 Å². The first-order valence-electron chi connectivity index (χ1n) is 9.58. The largest absolute Gasteiger partial charge is 0.348 e. The highest BCUT2D eigenvalue weighted by molar-refractivity contribution is 5.51. The van der Waals surface area contributed by atoms with Crippen LogP contribution in [0.2, 0.25) is 0 Å². The second-order valence-corrected chi connectivity index (χ2v) is 6.16. The van der Waals surface area contributed by atoms with E-state index in [-0.39, 0.29) is 10.8 Å². The third kappa shape index (κ3) is 3.58. The summed E-state index contributed by atoms with van der Waals surface area (Å²) >= 11 is 0. The van der Waals surface area contributed by atoms with Crippen molar-refractivity contribution in [1.82, 2.24) is 9.97 Å². The monoisotopic (exact) mass is 330 g/mol. The molecule has 3 rings (SSSR count). The molecule has 2 unspecified atom stereocenters. The lowest BCUT2D eigenvalue weighted by Gasteiger charge is -2.35. The molecule has 1 aliphatic rings. The van der Waals surface area contributed by atoms with Crippen LogP contribution in [0.5, 0.6) is 0 Å². The fraction of sp³-hybridized carbons (Fsp3) is 0.591. The molecule has 2 atom stereocenters. The van der Waals surface area contributed by atoms with Crippen molar-refractivity contribution in [2.75, 3.05) is 0 Å². The van der Waals surface area contributed by atoms with Gasteiger partial charge in [0.1, 0.15) is 0 Å². The van der Waals surface area contributed by atoms with Gasteiger partial charge >= 0.3 is 0 Å². The summed E-state index contributed by atoms with van der Waals surface area (Å²) < 4.78 is 0. The topological polar surface area (TPSA) is 28.7 Å². The molecule has 1 aliphatic carbocycles. The predicted molar refractivity (Wildman–Crippen MR) is 108 cm³/mol. The Kier molecular flexibility index (Phi) is 9.03. The minimum atomic E-state index is 0.0244. The smallest absolute Gasteiger partial charge is 0.0922 e. The lowest BCUT2D eigenvalue weighted by molar-refractivity contribution is 0.278. The second-order valence-electron chi connectivity index (χ2n) is 6.16. The van der Waals surface area contributed by atoms with Gasteiger partial charge in [-0.1, -0.05) is 86.6 Å². The van der Waals surface area contributed by atoms with E-state index in [0.29, 0.717) is 5.92 Å². The zero-order valence-electron chi connectivity index (χ0n) is 17.5. The van der Waals surface area contributed by atoms with Crippen molar-refractivity contribution in [3.8, 4) is 0 Å². The van der Waals surface area contributed by atoms with Crippen molar-refractivity contribution in [1.29, 1.82) is 0 Å². The maximum atomic E-state index is 4.21. The first-order valence-corrected chi connectivity index (χ1v) is 9.58. The summed E-state index contributed by atoms with van der Waals surface area (Å²) in [7, 11) is 0. The van der Waals surface area contributed by atoms with E-state index >= 15 is 0 Å². The van der Waals surface area contributed by atoms with Gasteiger partial charge in [-0.2, -0.15) is 0 Å². The van der Waals surface area contributed by atoms with Gasteiger partial charge in [0.25, 0.3) is 0 Å². The van der Waals surface area contributed by atoms with Crippen molar-refractivity contribution >= 4 is 0 Å². The normalized spacial score (nSPS) is 22.7. The Bertz CT molecular complexity index is 569. The van der Waals surface area contributed by atoms with E-state index in [1.165, 1.54) is 16.8 Å². The molecule has 136 valence electrons. The van der Waals surface area contributed by atoms with E-state index in [1.807, 2.05) is 47.7 Å². The zero-order chi connectivity index (χ0) is 19.0. The molecule has 0 saturated carbocycles. The van der Waals surface area contributed by atoms with E-state index in [4.69, 9.17) is 0 Å². The van der Waals surface area contributed by atoms with Crippen LogP contribution in [0.15, 0.2) is 36.8 Å². The van der Waals surface area contributed by atoms with Crippen molar-refractivity contribution in [3.63, 3.8) is 0 Å². The Morgan fingerprint density at radius 3 is 1.83 bits per heavy atom. The molecular formula is C22H38N2. The number of aromatic amines is 1. The van der Waals surface area contributed by atoms with E-state index < -0.39 is 0 Å². The third-order valence-electron chi connectivity index (χ3n) is 5.19. The fourth-order valence-corrected chi connectivity index (χ4v) is 3.60. The highest BCUT2D eigenvalue weighted by Gasteiger charge is 2.52. The SMILES string of the molecule is CC.CC.CC.CC1C(C)(C)c2ccccc2C1(C)c1cnc[nH]1. The van der Waals surface area contributed by atoms with E-state index in [9.17, 15) is 0 Å². The molecule has 2 aromatic rings. The van der Waals surface area contributed by atoms with E-state index in [0.717, 1.165) is 0 Å². The van der Waals surface area contributed by atoms with Crippen LogP contribution in [0.3, 0.4) is 0 Å². The minimum absolute atomic E-state index is 0.0244. The van der Waals surface area contributed by atoms with Crippen LogP contribution in [0.25, 0.3) is 0 Å². The summed E-state index contributed by atoms with van der Waals surface area (Å²) in [6.07, 6.45) is 3.75. The molecule has 0 radical (unpaired) electrons. The molecule has 1 heterocycles. The van der Waals surface area contributed by atoms with Crippen LogP contribution >= 0.6 is 0 Å². The molecule has 0 fully saturated rings. The van der Waals surface area contributed by atoms with Crippen LogP contribution in [0, 0.1) is 5.92 Å². The summed E-state index contributed by atoms with van der Waals surface area (Å²) in [5.74, 6) is 0.530. The molecule has 24 heavy (non-hydrogen) atoms. The molecule has 0 spiro atoms. The Morgan fingerprint density at radius 1 is 0.875 bits per heavy atom. The van der Waals surface area contributed by atoms with Gasteiger partial charge in [0.2, 0.25) is 0 Å². The average molecular weight is 331 g/mol. The summed E-state index contributed by atoms with van der Waals surface area (Å²) in [5.41, 5.74) is 4.34. The summed E-state index contributed by atoms with van der Waals surface area (Å²) in [6.45, 7) is 21.4. The summed E-state index contributed by atoms with van der Waals surface area (Å²) in [5, 5.41) is 0. The lowest BCUT2D eigenvalue weighted by atomic mass is 9.69. The zero-order valence-corrected chi connectivity index (χ0v) is 17.5. The number of H-pyrrole nitrogens is 1. The molecule has 2 nitrogen and oxygen atoms in total. The van der Waals surface area contributed by atoms with Gasteiger partial charge in [0.05, 0.1) is 6.33 Å². The minimum Gasteiger partial charge on any atom is -0.348 e. The Hall–Kier alpha value is -1.57.